The first-order chi connectivity index (χ1) is 12.5. The zero-order valence-electron chi connectivity index (χ0n) is 15.8. The third-order valence-electron chi connectivity index (χ3n) is 5.98. The van der Waals surface area contributed by atoms with Gasteiger partial charge in [-0.25, -0.2) is 0 Å². The summed E-state index contributed by atoms with van der Waals surface area (Å²) in [7, 11) is 0. The van der Waals surface area contributed by atoms with Crippen molar-refractivity contribution in [2.45, 2.75) is 58.5 Å². The number of aryl methyl sites for hydroxylation is 2. The van der Waals surface area contributed by atoms with E-state index in [0.717, 1.165) is 36.9 Å². The van der Waals surface area contributed by atoms with Crippen LogP contribution in [0, 0.1) is 25.7 Å². The van der Waals surface area contributed by atoms with Gasteiger partial charge in [0.15, 0.2) is 0 Å². The van der Waals surface area contributed by atoms with Crippen molar-refractivity contribution in [3.05, 3.63) is 29.3 Å². The summed E-state index contributed by atoms with van der Waals surface area (Å²) in [5, 5.41) is 13.2. The fourth-order valence-corrected chi connectivity index (χ4v) is 4.06. The summed E-state index contributed by atoms with van der Waals surface area (Å²) in [6.45, 7) is 4.76. The minimum Gasteiger partial charge on any atom is -0.391 e. The molecule has 0 aromatic heterocycles. The van der Waals surface area contributed by atoms with E-state index in [1.807, 2.05) is 32.0 Å². The highest BCUT2D eigenvalue weighted by Gasteiger charge is 2.35. The molecule has 142 valence electrons. The van der Waals surface area contributed by atoms with Crippen LogP contribution in [0.4, 0.5) is 5.69 Å². The van der Waals surface area contributed by atoms with Crippen molar-refractivity contribution in [1.82, 2.24) is 5.32 Å². The number of anilines is 1. The lowest BCUT2D eigenvalue weighted by molar-refractivity contribution is -0.126. The van der Waals surface area contributed by atoms with Gasteiger partial charge in [0.05, 0.1) is 12.0 Å². The van der Waals surface area contributed by atoms with Gasteiger partial charge < -0.3 is 15.3 Å². The molecule has 1 saturated heterocycles. The maximum absolute atomic E-state index is 12.5. The monoisotopic (exact) mass is 358 g/mol. The van der Waals surface area contributed by atoms with Crippen LogP contribution in [0.5, 0.6) is 0 Å². The van der Waals surface area contributed by atoms with Crippen LogP contribution in [-0.2, 0) is 9.59 Å². The molecule has 1 aliphatic carbocycles. The molecular formula is C21H30N2O3. The Morgan fingerprint density at radius 1 is 1.23 bits per heavy atom. The summed E-state index contributed by atoms with van der Waals surface area (Å²) in [5.74, 6) is -0.190. The van der Waals surface area contributed by atoms with E-state index in [9.17, 15) is 14.7 Å². The first kappa shape index (κ1) is 18.9. The van der Waals surface area contributed by atoms with E-state index in [0.29, 0.717) is 12.5 Å². The van der Waals surface area contributed by atoms with E-state index in [-0.39, 0.29) is 30.7 Å². The molecule has 0 radical (unpaired) electrons. The number of aliphatic hydroxyl groups excluding tert-OH is 1. The number of nitrogens with zero attached hydrogens (tertiary/aromatic N) is 1. The predicted octanol–water partition coefficient (Wildman–Crippen LogP) is 2.71. The third-order valence-corrected chi connectivity index (χ3v) is 5.98. The Hall–Kier alpha value is -1.88. The molecule has 3 rings (SSSR count). The Balaban J connectivity index is 1.54. The fourth-order valence-electron chi connectivity index (χ4n) is 4.06. The quantitative estimate of drug-likeness (QED) is 0.850. The summed E-state index contributed by atoms with van der Waals surface area (Å²) in [5.41, 5.74) is 3.18. The van der Waals surface area contributed by atoms with Crippen molar-refractivity contribution in [2.24, 2.45) is 11.8 Å². The van der Waals surface area contributed by atoms with Crippen LogP contribution < -0.4 is 10.2 Å². The number of carbonyl (C=O) groups excluding carboxylic acids is 2. The number of carbonyl (C=O) groups is 2. The second-order valence-electron chi connectivity index (χ2n) is 7.88. The summed E-state index contributed by atoms with van der Waals surface area (Å²) < 4.78 is 0. The number of hydrogen-bond acceptors (Lipinski definition) is 3. The molecule has 1 aromatic carbocycles. The van der Waals surface area contributed by atoms with Crippen LogP contribution in [0.25, 0.3) is 0 Å². The van der Waals surface area contributed by atoms with Crippen molar-refractivity contribution >= 4 is 17.5 Å². The molecule has 2 amide bonds. The van der Waals surface area contributed by atoms with E-state index in [1.54, 1.807) is 4.90 Å². The molecule has 1 aliphatic heterocycles. The Labute approximate surface area is 155 Å². The van der Waals surface area contributed by atoms with Crippen LogP contribution in [-0.4, -0.2) is 36.1 Å². The Kier molecular flexibility index (Phi) is 5.97. The van der Waals surface area contributed by atoms with Gasteiger partial charge in [0.1, 0.15) is 0 Å². The number of rotatable bonds is 5. The fraction of sp³-hybridized carbons (Fsp3) is 0.619. The first-order valence-electron chi connectivity index (χ1n) is 9.79. The van der Waals surface area contributed by atoms with Crippen LogP contribution in [0.2, 0.25) is 0 Å². The van der Waals surface area contributed by atoms with Crippen LogP contribution in [0.15, 0.2) is 18.2 Å². The largest absolute Gasteiger partial charge is 0.391 e. The molecule has 5 nitrogen and oxygen atoms in total. The lowest BCUT2D eigenvalue weighted by atomic mass is 9.85. The standard InChI is InChI=1S/C21H30N2O3/c1-14-8-9-18(10-15(14)2)23-13-17(11-20(23)25)21(26)22-12-19(24)16-6-4-3-5-7-16/h8-10,16-17,19,24H,3-7,11-13H2,1-2H3,(H,22,26)/t17-,19-/m1/s1. The molecule has 2 atom stereocenters. The highest BCUT2D eigenvalue weighted by atomic mass is 16.3. The lowest BCUT2D eigenvalue weighted by Crippen LogP contribution is -2.40. The third kappa shape index (κ3) is 4.26. The Bertz CT molecular complexity index is 667. The van der Waals surface area contributed by atoms with Crippen molar-refractivity contribution in [2.75, 3.05) is 18.0 Å². The molecule has 0 spiro atoms. The summed E-state index contributed by atoms with van der Waals surface area (Å²) in [4.78, 5) is 26.5. The van der Waals surface area contributed by atoms with Crippen LogP contribution in [0.3, 0.4) is 0 Å². The van der Waals surface area contributed by atoms with Gasteiger partial charge >= 0.3 is 0 Å². The van der Waals surface area contributed by atoms with Crippen molar-refractivity contribution in [3.8, 4) is 0 Å². The highest BCUT2D eigenvalue weighted by Crippen LogP contribution is 2.28. The lowest BCUT2D eigenvalue weighted by Gasteiger charge is -2.27. The molecule has 2 fully saturated rings. The van der Waals surface area contributed by atoms with Gasteiger partial charge in [-0.1, -0.05) is 25.3 Å². The maximum Gasteiger partial charge on any atom is 0.227 e. The average Bonchev–Trinajstić information content (AvgIpc) is 3.04. The van der Waals surface area contributed by atoms with E-state index in [1.165, 1.54) is 12.0 Å². The van der Waals surface area contributed by atoms with Gasteiger partial charge in [-0.05, 0) is 55.9 Å². The molecule has 1 heterocycles. The zero-order chi connectivity index (χ0) is 18.7. The first-order valence-corrected chi connectivity index (χ1v) is 9.79. The van der Waals surface area contributed by atoms with E-state index < -0.39 is 6.10 Å². The second-order valence-corrected chi connectivity index (χ2v) is 7.88. The molecule has 1 saturated carbocycles. The predicted molar refractivity (Wildman–Crippen MR) is 102 cm³/mol. The number of amides is 2. The highest BCUT2D eigenvalue weighted by molar-refractivity contribution is 6.00. The topological polar surface area (TPSA) is 69.6 Å². The molecule has 5 heteroatoms. The molecule has 26 heavy (non-hydrogen) atoms. The van der Waals surface area contributed by atoms with Crippen molar-refractivity contribution in [3.63, 3.8) is 0 Å². The van der Waals surface area contributed by atoms with Gasteiger partial charge in [-0.2, -0.15) is 0 Å². The second kappa shape index (κ2) is 8.21. The van der Waals surface area contributed by atoms with Gasteiger partial charge in [0.2, 0.25) is 11.8 Å². The van der Waals surface area contributed by atoms with E-state index >= 15 is 0 Å². The molecule has 0 bridgehead atoms. The van der Waals surface area contributed by atoms with Crippen LogP contribution in [0.1, 0.15) is 49.7 Å². The van der Waals surface area contributed by atoms with Gasteiger partial charge in [-0.3, -0.25) is 9.59 Å². The number of aliphatic hydroxyl groups is 1. The van der Waals surface area contributed by atoms with Crippen LogP contribution >= 0.6 is 0 Å². The van der Waals surface area contributed by atoms with E-state index in [2.05, 4.69) is 5.32 Å². The Morgan fingerprint density at radius 3 is 2.65 bits per heavy atom. The summed E-state index contributed by atoms with van der Waals surface area (Å²) in [6, 6.07) is 5.94. The number of benzene rings is 1. The summed E-state index contributed by atoms with van der Waals surface area (Å²) >= 11 is 0. The summed E-state index contributed by atoms with van der Waals surface area (Å²) in [6.07, 6.45) is 5.41. The smallest absolute Gasteiger partial charge is 0.227 e. The molecule has 1 aromatic rings. The normalized spacial score (nSPS) is 22.5. The Morgan fingerprint density at radius 2 is 1.96 bits per heavy atom. The number of hydrogen-bond donors (Lipinski definition) is 2. The molecule has 0 unspecified atom stereocenters. The minimum absolute atomic E-state index is 0.0127. The molecule has 2 N–H and O–H groups in total. The maximum atomic E-state index is 12.5. The van der Waals surface area contributed by atoms with Crippen molar-refractivity contribution in [1.29, 1.82) is 0 Å². The van der Waals surface area contributed by atoms with Gasteiger partial charge in [0.25, 0.3) is 0 Å². The average molecular weight is 358 g/mol. The van der Waals surface area contributed by atoms with Gasteiger partial charge in [-0.15, -0.1) is 0 Å². The van der Waals surface area contributed by atoms with Gasteiger partial charge in [0, 0.05) is 25.2 Å². The molecular weight excluding hydrogens is 328 g/mol. The minimum atomic E-state index is -0.479. The van der Waals surface area contributed by atoms with E-state index in [4.69, 9.17) is 0 Å². The van der Waals surface area contributed by atoms with Crippen molar-refractivity contribution < 1.29 is 14.7 Å². The number of nitrogens with one attached hydrogen (secondary N) is 1. The molecule has 2 aliphatic rings. The SMILES string of the molecule is Cc1ccc(N2C[C@H](C(=O)NC[C@@H](O)C3CCCCC3)CC2=O)cc1C. The zero-order valence-corrected chi connectivity index (χ0v) is 15.8.